The molecule has 0 unspecified atom stereocenters. The molecule has 27 heavy (non-hydrogen) atoms. The van der Waals surface area contributed by atoms with Crippen molar-refractivity contribution in [2.24, 2.45) is 16.6 Å². The molecule has 2 atom stereocenters. The summed E-state index contributed by atoms with van der Waals surface area (Å²) in [4.78, 5) is 38.3. The van der Waals surface area contributed by atoms with Crippen molar-refractivity contribution in [2.45, 2.75) is 77.9 Å². The summed E-state index contributed by atoms with van der Waals surface area (Å²) in [5, 5.41) is 9.07. The van der Waals surface area contributed by atoms with Gasteiger partial charge in [-0.25, -0.2) is 4.79 Å². The molecule has 0 aromatic rings. The van der Waals surface area contributed by atoms with Crippen LogP contribution in [0.5, 0.6) is 0 Å². The van der Waals surface area contributed by atoms with Crippen LogP contribution in [0.4, 0.5) is 0 Å². The number of carboxylic acids is 1. The molecule has 0 aliphatic heterocycles. The van der Waals surface area contributed by atoms with Gasteiger partial charge in [0, 0.05) is 11.8 Å². The highest BCUT2D eigenvalue weighted by atomic mass is 32.1. The van der Waals surface area contributed by atoms with Gasteiger partial charge in [-0.2, -0.15) is 12.6 Å². The number of nitrogens with zero attached hydrogens (tertiary/aromatic N) is 1. The molecule has 1 saturated carbocycles. The second-order valence-corrected chi connectivity index (χ2v) is 9.12. The Morgan fingerprint density at radius 3 is 2.04 bits per heavy atom. The number of ether oxygens (including phenoxy) is 1. The minimum atomic E-state index is -1.23. The first-order valence-electron chi connectivity index (χ1n) is 9.37. The van der Waals surface area contributed by atoms with Gasteiger partial charge in [0.05, 0.1) is 19.6 Å². The van der Waals surface area contributed by atoms with E-state index in [4.69, 9.17) is 15.6 Å². The van der Waals surface area contributed by atoms with Crippen molar-refractivity contribution >= 4 is 30.5 Å². The number of thiol groups is 1. The highest BCUT2D eigenvalue weighted by molar-refractivity contribution is 7.80. The Bertz CT molecular complexity index is 546. The summed E-state index contributed by atoms with van der Waals surface area (Å²) in [5.74, 6) is -2.21. The number of carbonyl (C=O) groups excluding carboxylic acids is 2. The molecule has 0 bridgehead atoms. The van der Waals surface area contributed by atoms with Crippen molar-refractivity contribution < 1.29 is 24.2 Å². The van der Waals surface area contributed by atoms with Crippen LogP contribution in [0, 0.1) is 10.8 Å². The molecule has 0 saturated heterocycles. The number of carbonyl (C=O) groups is 3. The highest BCUT2D eigenvalue weighted by Crippen LogP contribution is 2.48. The lowest BCUT2D eigenvalue weighted by atomic mass is 9.67. The van der Waals surface area contributed by atoms with E-state index in [0.717, 1.165) is 25.7 Å². The van der Waals surface area contributed by atoms with Crippen LogP contribution < -0.4 is 5.73 Å². The van der Waals surface area contributed by atoms with Gasteiger partial charge in [-0.15, -0.1) is 0 Å². The first-order valence-corrected chi connectivity index (χ1v) is 10.0. The molecular formula is C19H34N2O5S. The number of aliphatic carboxylic acids is 1. The minimum absolute atomic E-state index is 0.0703. The second-order valence-electron chi connectivity index (χ2n) is 8.76. The smallest absolute Gasteiger partial charge is 0.329 e. The number of methoxy groups -OCH3 is 1. The van der Waals surface area contributed by atoms with Gasteiger partial charge in [0.15, 0.2) is 0 Å². The fourth-order valence-electron chi connectivity index (χ4n) is 4.59. The molecular weight excluding hydrogens is 368 g/mol. The molecule has 0 aromatic carbocycles. The molecule has 0 heterocycles. The van der Waals surface area contributed by atoms with Crippen LogP contribution in [0.3, 0.4) is 0 Å². The topological polar surface area (TPSA) is 110 Å². The Hall–Kier alpha value is -1.28. The Kier molecular flexibility index (Phi) is 8.16. The molecule has 8 heteroatoms. The van der Waals surface area contributed by atoms with Gasteiger partial charge in [0.25, 0.3) is 0 Å². The van der Waals surface area contributed by atoms with Crippen LogP contribution in [0.1, 0.15) is 59.8 Å². The highest BCUT2D eigenvalue weighted by Gasteiger charge is 2.51. The number of esters is 1. The Labute approximate surface area is 167 Å². The van der Waals surface area contributed by atoms with E-state index in [2.05, 4.69) is 40.3 Å². The first-order chi connectivity index (χ1) is 12.4. The molecule has 3 N–H and O–H groups in total. The van der Waals surface area contributed by atoms with Gasteiger partial charge in [-0.1, -0.05) is 40.5 Å². The summed E-state index contributed by atoms with van der Waals surface area (Å²) in [6, 6.07) is -2.46. The van der Waals surface area contributed by atoms with Crippen LogP contribution in [0.2, 0.25) is 0 Å². The lowest BCUT2D eigenvalue weighted by molar-refractivity contribution is -0.161. The summed E-state index contributed by atoms with van der Waals surface area (Å²) >= 11 is 4.29. The molecule has 0 spiro atoms. The largest absolute Gasteiger partial charge is 0.481 e. The maximum atomic E-state index is 13.3. The van der Waals surface area contributed by atoms with Gasteiger partial charge in [-0.3, -0.25) is 9.59 Å². The first kappa shape index (κ1) is 23.8. The van der Waals surface area contributed by atoms with Crippen molar-refractivity contribution in [1.82, 2.24) is 4.90 Å². The maximum Gasteiger partial charge on any atom is 0.329 e. The van der Waals surface area contributed by atoms with E-state index in [1.54, 1.807) is 0 Å². The van der Waals surface area contributed by atoms with Crippen molar-refractivity contribution in [2.75, 3.05) is 12.9 Å². The van der Waals surface area contributed by atoms with Gasteiger partial charge in [-0.05, 0) is 23.7 Å². The molecule has 0 radical (unpaired) electrons. The summed E-state index contributed by atoms with van der Waals surface area (Å²) in [5.41, 5.74) is 5.36. The summed E-state index contributed by atoms with van der Waals surface area (Å²) in [6.45, 7) is 8.34. The van der Waals surface area contributed by atoms with Crippen LogP contribution in [0.25, 0.3) is 0 Å². The van der Waals surface area contributed by atoms with E-state index < -0.39 is 36.4 Å². The van der Waals surface area contributed by atoms with E-state index in [9.17, 15) is 14.4 Å². The Balaban J connectivity index is 3.51. The molecule has 0 aromatic heterocycles. The van der Waals surface area contributed by atoms with Crippen molar-refractivity contribution in [3.05, 3.63) is 0 Å². The second kappa shape index (κ2) is 9.28. The van der Waals surface area contributed by atoms with Gasteiger partial charge in [0.1, 0.15) is 6.04 Å². The maximum absolute atomic E-state index is 13.3. The normalized spacial score (nSPS) is 21.6. The van der Waals surface area contributed by atoms with E-state index in [1.807, 2.05) is 0 Å². The van der Waals surface area contributed by atoms with Crippen LogP contribution in [-0.4, -0.2) is 58.8 Å². The third-order valence-electron chi connectivity index (χ3n) is 5.60. The van der Waals surface area contributed by atoms with E-state index in [0.29, 0.717) is 0 Å². The molecule has 1 fully saturated rings. The number of nitrogens with two attached hydrogens (primary N) is 1. The number of rotatable bonds is 7. The van der Waals surface area contributed by atoms with E-state index in [-0.39, 0.29) is 22.6 Å². The molecule has 156 valence electrons. The van der Waals surface area contributed by atoms with Crippen LogP contribution >= 0.6 is 12.6 Å². The predicted octanol–water partition coefficient (Wildman–Crippen LogP) is 2.08. The Morgan fingerprint density at radius 2 is 1.67 bits per heavy atom. The zero-order chi connectivity index (χ0) is 21.0. The van der Waals surface area contributed by atoms with Crippen LogP contribution in [-0.2, 0) is 19.1 Å². The van der Waals surface area contributed by atoms with Crippen molar-refractivity contribution in [1.29, 1.82) is 0 Å². The number of amides is 1. The zero-order valence-electron chi connectivity index (χ0n) is 17.0. The number of hydrogen-bond donors (Lipinski definition) is 3. The SMILES string of the molecule is COC(=O)[C@H](CS)N(C(=O)[C@@H](N)CC(=O)O)C1C(C)(C)CCCCC1(C)C. The summed E-state index contributed by atoms with van der Waals surface area (Å²) < 4.78 is 4.91. The number of hydrogen-bond acceptors (Lipinski definition) is 6. The lowest BCUT2D eigenvalue weighted by Gasteiger charge is -2.51. The van der Waals surface area contributed by atoms with Gasteiger partial charge in [0.2, 0.25) is 5.91 Å². The minimum Gasteiger partial charge on any atom is -0.481 e. The molecule has 7 nitrogen and oxygen atoms in total. The molecule has 1 aliphatic carbocycles. The third-order valence-corrected chi connectivity index (χ3v) is 5.94. The van der Waals surface area contributed by atoms with Crippen molar-refractivity contribution in [3.63, 3.8) is 0 Å². The fraction of sp³-hybridized carbons (Fsp3) is 0.842. The predicted molar refractivity (Wildman–Crippen MR) is 107 cm³/mol. The average Bonchev–Trinajstić information content (AvgIpc) is 2.66. The average molecular weight is 403 g/mol. The summed E-state index contributed by atoms with van der Waals surface area (Å²) in [7, 11) is 1.27. The monoisotopic (exact) mass is 402 g/mol. The Morgan fingerprint density at radius 1 is 1.19 bits per heavy atom. The summed E-state index contributed by atoms with van der Waals surface area (Å²) in [6.07, 6.45) is 3.34. The van der Waals surface area contributed by atoms with E-state index in [1.165, 1.54) is 12.0 Å². The number of carboxylic acid groups (broad SMARTS) is 1. The van der Waals surface area contributed by atoms with Gasteiger partial charge < -0.3 is 20.5 Å². The standard InChI is InChI=1S/C19H34N2O5S/c1-18(2)8-6-7-9-19(3,4)17(18)21(13(11-27)16(25)26-5)15(24)12(20)10-14(22)23/h12-13,17,27H,6-11,20H2,1-5H3,(H,22,23)/t12-,13-/m0/s1. The quantitative estimate of drug-likeness (QED) is 0.342. The molecule has 1 rings (SSSR count). The fourth-order valence-corrected chi connectivity index (χ4v) is 4.91. The molecule has 1 aliphatic rings. The third kappa shape index (κ3) is 5.60. The van der Waals surface area contributed by atoms with Gasteiger partial charge >= 0.3 is 11.9 Å². The van der Waals surface area contributed by atoms with Crippen molar-refractivity contribution in [3.8, 4) is 0 Å². The lowest BCUT2D eigenvalue weighted by Crippen LogP contribution is -2.64. The van der Waals surface area contributed by atoms with Crippen LogP contribution in [0.15, 0.2) is 0 Å². The van der Waals surface area contributed by atoms with E-state index >= 15 is 0 Å². The zero-order valence-corrected chi connectivity index (χ0v) is 17.9. The molecule has 1 amide bonds.